The summed E-state index contributed by atoms with van der Waals surface area (Å²) in [5.74, 6) is -3.74. The number of amides is 1. The molecular weight excluding hydrogens is 637 g/mol. The molecule has 17 heteroatoms. The average molecular weight is 674 g/mol. The lowest BCUT2D eigenvalue weighted by Crippen LogP contribution is -2.69. The Morgan fingerprint density at radius 3 is 1.70 bits per heavy atom. The smallest absolute Gasteiger partial charge is 0.396 e. The highest BCUT2D eigenvalue weighted by molar-refractivity contribution is 7.87. The predicted molar refractivity (Wildman–Crippen MR) is 141 cm³/mol. The molecule has 6 nitrogen and oxygen atoms in total. The molecule has 1 aliphatic rings. The SMILES string of the molecule is CC[Si](CC)(CC)OC(C1CCC(C(N)=O)(C(C)(c2ccccc2)S(=O)(=O)OCC(F)(F)F)CC1)(C(F)(F)F)C(F)(F)F. The number of nitrogens with two attached hydrogens (primary N) is 1. The van der Waals surface area contributed by atoms with Crippen LogP contribution in [-0.4, -0.2) is 53.4 Å². The summed E-state index contributed by atoms with van der Waals surface area (Å²) in [4.78, 5) is 13.1. The number of alkyl halides is 9. The minimum atomic E-state index is -5.95. The second kappa shape index (κ2) is 12.5. The fraction of sp³-hybridized carbons (Fsp3) is 0.731. The molecule has 0 bridgehead atoms. The van der Waals surface area contributed by atoms with E-state index < -0.39 is 96.8 Å². The maximum atomic E-state index is 14.7. The largest absolute Gasteiger partial charge is 0.425 e. The molecule has 1 fully saturated rings. The average Bonchev–Trinajstić information content (AvgIpc) is 2.91. The van der Waals surface area contributed by atoms with Gasteiger partial charge in [0.25, 0.3) is 15.7 Å². The highest BCUT2D eigenvalue weighted by Gasteiger charge is 2.77. The van der Waals surface area contributed by atoms with Gasteiger partial charge in [-0.1, -0.05) is 51.1 Å². The zero-order chi connectivity index (χ0) is 33.3. The van der Waals surface area contributed by atoms with Crippen molar-refractivity contribution in [2.24, 2.45) is 17.1 Å². The minimum absolute atomic E-state index is 0.0489. The third-order valence-electron chi connectivity index (χ3n) is 9.15. The molecule has 0 spiro atoms. The summed E-state index contributed by atoms with van der Waals surface area (Å²) < 4.78 is 161. The lowest BCUT2D eigenvalue weighted by atomic mass is 9.59. The molecule has 1 aromatic carbocycles. The van der Waals surface area contributed by atoms with Gasteiger partial charge in [-0.2, -0.15) is 47.9 Å². The molecule has 0 saturated heterocycles. The quantitative estimate of drug-likeness (QED) is 0.142. The first-order valence-electron chi connectivity index (χ1n) is 13.6. The second-order valence-corrected chi connectivity index (χ2v) is 17.7. The molecule has 2 N–H and O–H groups in total. The van der Waals surface area contributed by atoms with Gasteiger partial charge in [0.2, 0.25) is 5.91 Å². The predicted octanol–water partition coefficient (Wildman–Crippen LogP) is 7.36. The van der Waals surface area contributed by atoms with Crippen molar-refractivity contribution in [1.29, 1.82) is 0 Å². The van der Waals surface area contributed by atoms with Crippen molar-refractivity contribution in [3.05, 3.63) is 35.9 Å². The van der Waals surface area contributed by atoms with Gasteiger partial charge in [-0.05, 0) is 56.3 Å². The molecule has 0 radical (unpaired) electrons. The summed E-state index contributed by atoms with van der Waals surface area (Å²) in [5, 5.41) is 0. The molecule has 0 heterocycles. The van der Waals surface area contributed by atoms with Crippen LogP contribution in [0.5, 0.6) is 0 Å². The first-order chi connectivity index (χ1) is 19.5. The molecule has 1 amide bonds. The van der Waals surface area contributed by atoms with E-state index in [4.69, 9.17) is 10.2 Å². The van der Waals surface area contributed by atoms with Gasteiger partial charge < -0.3 is 10.2 Å². The third kappa shape index (κ3) is 6.59. The van der Waals surface area contributed by atoms with Crippen LogP contribution in [0.4, 0.5) is 39.5 Å². The molecule has 2 rings (SSSR count). The van der Waals surface area contributed by atoms with Crippen LogP contribution in [0.25, 0.3) is 0 Å². The van der Waals surface area contributed by atoms with Gasteiger partial charge in [-0.3, -0.25) is 8.98 Å². The maximum absolute atomic E-state index is 14.7. The van der Waals surface area contributed by atoms with Gasteiger partial charge in [-0.15, -0.1) is 0 Å². The zero-order valence-electron chi connectivity index (χ0n) is 24.0. The number of primary amides is 1. The van der Waals surface area contributed by atoms with E-state index in [1.165, 1.54) is 39.0 Å². The van der Waals surface area contributed by atoms with Gasteiger partial charge in [-0.25, -0.2) is 0 Å². The van der Waals surface area contributed by atoms with Crippen LogP contribution in [0, 0.1) is 11.3 Å². The summed E-state index contributed by atoms with van der Waals surface area (Å²) >= 11 is 0. The second-order valence-electron chi connectivity index (χ2n) is 11.0. The number of hydrogen-bond acceptors (Lipinski definition) is 5. The van der Waals surface area contributed by atoms with E-state index in [-0.39, 0.29) is 23.7 Å². The Kier molecular flexibility index (Phi) is 10.9. The number of rotatable bonds is 12. The molecular formula is C26H36F9NO5SSi. The highest BCUT2D eigenvalue weighted by Crippen LogP contribution is 2.61. The summed E-state index contributed by atoms with van der Waals surface area (Å²) in [6, 6.07) is 6.16. The Balaban J connectivity index is 2.77. The number of halogens is 9. The fourth-order valence-corrected chi connectivity index (χ4v) is 11.0. The molecule has 248 valence electrons. The van der Waals surface area contributed by atoms with E-state index >= 15 is 0 Å². The van der Waals surface area contributed by atoms with Crippen LogP contribution in [0.1, 0.15) is 58.9 Å². The normalized spacial score (nSPS) is 22.7. The Bertz CT molecular complexity index is 1190. The molecule has 1 saturated carbocycles. The van der Waals surface area contributed by atoms with Gasteiger partial charge in [0.15, 0.2) is 14.9 Å². The molecule has 1 unspecified atom stereocenters. The number of hydrogen-bond donors (Lipinski definition) is 1. The van der Waals surface area contributed by atoms with Crippen molar-refractivity contribution in [1.82, 2.24) is 0 Å². The third-order valence-corrected chi connectivity index (χ3v) is 15.8. The van der Waals surface area contributed by atoms with E-state index in [9.17, 15) is 52.7 Å². The van der Waals surface area contributed by atoms with Crippen molar-refractivity contribution in [3.8, 4) is 0 Å². The summed E-state index contributed by atoms with van der Waals surface area (Å²) in [6.07, 6.45) is -21.0. The minimum Gasteiger partial charge on any atom is -0.396 e. The van der Waals surface area contributed by atoms with Gasteiger partial charge in [0.05, 0.1) is 5.41 Å². The molecule has 1 atom stereocenters. The number of carbonyl (C=O) groups is 1. The fourth-order valence-electron chi connectivity index (χ4n) is 6.28. The number of benzene rings is 1. The van der Waals surface area contributed by atoms with Crippen LogP contribution in [-0.2, 0) is 28.3 Å². The Labute approximate surface area is 245 Å². The van der Waals surface area contributed by atoms with Crippen molar-refractivity contribution in [3.63, 3.8) is 0 Å². The summed E-state index contributed by atoms with van der Waals surface area (Å²) in [5.41, 5.74) is -1.72. The lowest BCUT2D eigenvalue weighted by Gasteiger charge is -2.53. The molecule has 1 aromatic rings. The highest BCUT2D eigenvalue weighted by atomic mass is 32.2. The van der Waals surface area contributed by atoms with E-state index in [2.05, 4.69) is 4.18 Å². The molecule has 1 aliphatic carbocycles. The molecule has 0 aliphatic heterocycles. The van der Waals surface area contributed by atoms with Gasteiger partial charge in [0.1, 0.15) is 4.75 Å². The van der Waals surface area contributed by atoms with E-state index in [1.807, 2.05) is 0 Å². The van der Waals surface area contributed by atoms with Crippen molar-refractivity contribution in [2.75, 3.05) is 6.61 Å². The van der Waals surface area contributed by atoms with Gasteiger partial charge >= 0.3 is 18.5 Å². The van der Waals surface area contributed by atoms with Crippen LogP contribution in [0.3, 0.4) is 0 Å². The van der Waals surface area contributed by atoms with Crippen molar-refractivity contribution >= 4 is 24.3 Å². The Morgan fingerprint density at radius 1 is 0.907 bits per heavy atom. The van der Waals surface area contributed by atoms with Crippen molar-refractivity contribution in [2.45, 2.75) is 100 Å². The van der Waals surface area contributed by atoms with E-state index in [0.717, 1.165) is 19.1 Å². The van der Waals surface area contributed by atoms with E-state index in [0.29, 0.717) is 0 Å². The molecule has 43 heavy (non-hydrogen) atoms. The van der Waals surface area contributed by atoms with Crippen LogP contribution < -0.4 is 5.73 Å². The van der Waals surface area contributed by atoms with Gasteiger partial charge in [0, 0.05) is 5.92 Å². The first kappa shape index (κ1) is 37.3. The van der Waals surface area contributed by atoms with Crippen LogP contribution in [0.15, 0.2) is 30.3 Å². The standard InChI is InChI=1S/C26H36F9NO5SSi/c1-5-43(6-2,7-3)41-24(25(30,31)32,26(33,34)35)19-13-15-22(16-14-19,20(36)37)21(4,18-11-9-8-10-12-18)42(38,39)40-17-23(27,28)29/h8-12,19H,5-7,13-17H2,1-4H3,(H2,36,37). The van der Waals surface area contributed by atoms with Crippen LogP contribution in [0.2, 0.25) is 18.1 Å². The van der Waals surface area contributed by atoms with Crippen LogP contribution >= 0.6 is 0 Å². The maximum Gasteiger partial charge on any atom is 0.425 e. The molecule has 0 aromatic heterocycles. The topological polar surface area (TPSA) is 95.7 Å². The monoisotopic (exact) mass is 673 g/mol. The first-order valence-corrected chi connectivity index (χ1v) is 17.5. The lowest BCUT2D eigenvalue weighted by molar-refractivity contribution is -0.380. The summed E-state index contributed by atoms with van der Waals surface area (Å²) in [6.45, 7) is 2.91. The van der Waals surface area contributed by atoms with E-state index in [1.54, 1.807) is 0 Å². The zero-order valence-corrected chi connectivity index (χ0v) is 25.9. The number of carbonyl (C=O) groups excluding carboxylic acids is 1. The Hall–Kier alpha value is -1.85. The summed E-state index contributed by atoms with van der Waals surface area (Å²) in [7, 11) is -9.07. The van der Waals surface area contributed by atoms with Crippen molar-refractivity contribution < 1.29 is 61.3 Å². The Morgan fingerprint density at radius 2 is 1.35 bits per heavy atom.